The monoisotopic (exact) mass is 279 g/mol. The zero-order valence-corrected chi connectivity index (χ0v) is 9.95. The lowest BCUT2D eigenvalue weighted by Gasteiger charge is -2.27. The molecule has 0 amide bonds. The molecule has 0 saturated carbocycles. The maximum atomic E-state index is 13.7. The first kappa shape index (κ1) is 14.4. The van der Waals surface area contributed by atoms with Crippen molar-refractivity contribution in [3.05, 3.63) is 33.4 Å². The predicted molar refractivity (Wildman–Crippen MR) is 60.6 cm³/mol. The Morgan fingerprint density at radius 1 is 1.72 bits per heavy atom. The molecule has 1 unspecified atom stereocenters. The number of nitrogens with zero attached hydrogens (tertiary/aromatic N) is 1. The summed E-state index contributed by atoms with van der Waals surface area (Å²) in [7, 11) is 0. The molecule has 7 nitrogen and oxygen atoms in total. The van der Waals surface area contributed by atoms with Crippen molar-refractivity contribution in [3.63, 3.8) is 0 Å². The van der Waals surface area contributed by atoms with Crippen LogP contribution in [0.3, 0.4) is 0 Å². The van der Waals surface area contributed by atoms with Crippen molar-refractivity contribution in [2.45, 2.75) is 12.0 Å². The lowest BCUT2D eigenvalue weighted by atomic mass is 9.88. The van der Waals surface area contributed by atoms with Gasteiger partial charge in [0.15, 0.2) is 5.54 Å². The summed E-state index contributed by atoms with van der Waals surface area (Å²) in [4.78, 5) is 21.5. The normalized spacial score (nSPS) is 23.6. The van der Waals surface area contributed by atoms with Gasteiger partial charge in [-0.1, -0.05) is 0 Å². The van der Waals surface area contributed by atoms with Crippen LogP contribution < -0.4 is 11.5 Å². The van der Waals surface area contributed by atoms with Crippen LogP contribution in [-0.2, 0) is 9.53 Å². The first-order valence-electron chi connectivity index (χ1n) is 4.85. The SMILES string of the molecule is NC1=C([N+](=O)[O-])CC(N)(C(=O)OCCCl)C(F)=C1. The Kier molecular flexibility index (Phi) is 4.25. The number of carbonyl (C=O) groups is 1. The van der Waals surface area contributed by atoms with Gasteiger partial charge in [0.25, 0.3) is 5.70 Å². The molecule has 100 valence electrons. The van der Waals surface area contributed by atoms with Gasteiger partial charge in [-0.25, -0.2) is 9.18 Å². The molecule has 1 atom stereocenters. The zero-order chi connectivity index (χ0) is 13.9. The van der Waals surface area contributed by atoms with Crippen LogP contribution in [0, 0.1) is 10.1 Å². The first-order chi connectivity index (χ1) is 8.32. The summed E-state index contributed by atoms with van der Waals surface area (Å²) in [5.74, 6) is -2.19. The molecule has 0 saturated heterocycles. The smallest absolute Gasteiger partial charge is 0.333 e. The third kappa shape index (κ3) is 2.59. The van der Waals surface area contributed by atoms with E-state index in [2.05, 4.69) is 4.74 Å². The number of alkyl halides is 1. The third-order valence-corrected chi connectivity index (χ3v) is 2.54. The van der Waals surface area contributed by atoms with Crippen molar-refractivity contribution in [3.8, 4) is 0 Å². The number of nitrogens with two attached hydrogens (primary N) is 2. The van der Waals surface area contributed by atoms with Crippen molar-refractivity contribution < 1.29 is 18.8 Å². The number of allylic oxidation sites excluding steroid dienone is 1. The predicted octanol–water partition coefficient (Wildman–Crippen LogP) is 0.170. The number of rotatable bonds is 4. The second-order valence-corrected chi connectivity index (χ2v) is 4.00. The van der Waals surface area contributed by atoms with Gasteiger partial charge in [0, 0.05) is 6.08 Å². The Morgan fingerprint density at radius 2 is 2.33 bits per heavy atom. The van der Waals surface area contributed by atoms with Gasteiger partial charge < -0.3 is 16.2 Å². The Labute approximate surface area is 106 Å². The van der Waals surface area contributed by atoms with E-state index < -0.39 is 34.4 Å². The van der Waals surface area contributed by atoms with E-state index >= 15 is 0 Å². The second kappa shape index (κ2) is 5.32. The molecule has 0 aliphatic heterocycles. The molecule has 0 aromatic heterocycles. The van der Waals surface area contributed by atoms with E-state index in [9.17, 15) is 19.3 Å². The zero-order valence-electron chi connectivity index (χ0n) is 9.19. The van der Waals surface area contributed by atoms with Gasteiger partial charge in [0.1, 0.15) is 18.1 Å². The van der Waals surface area contributed by atoms with Crippen molar-refractivity contribution in [2.75, 3.05) is 12.5 Å². The van der Waals surface area contributed by atoms with Crippen LogP contribution in [0.2, 0.25) is 0 Å². The summed E-state index contributed by atoms with van der Waals surface area (Å²) < 4.78 is 18.3. The molecule has 0 bridgehead atoms. The standard InChI is InChI=1S/C9H11ClFN3O4/c10-1-2-18-8(15)9(13)4-6(14(16)17)5(12)3-7(9)11/h3H,1-2,4,12-13H2. The molecule has 0 aromatic rings. The summed E-state index contributed by atoms with van der Waals surface area (Å²) in [6.45, 7) is -0.167. The van der Waals surface area contributed by atoms with E-state index in [-0.39, 0.29) is 18.2 Å². The third-order valence-electron chi connectivity index (χ3n) is 2.38. The number of hydrogen-bond acceptors (Lipinski definition) is 6. The quantitative estimate of drug-likeness (QED) is 0.327. The molecule has 0 heterocycles. The molecule has 4 N–H and O–H groups in total. The van der Waals surface area contributed by atoms with Gasteiger partial charge in [0.05, 0.1) is 17.2 Å². The fourth-order valence-electron chi connectivity index (χ4n) is 1.40. The van der Waals surface area contributed by atoms with Crippen LogP contribution >= 0.6 is 11.6 Å². The van der Waals surface area contributed by atoms with Gasteiger partial charge in [0.2, 0.25) is 0 Å². The Balaban J connectivity index is 3.03. The molecule has 0 spiro atoms. The van der Waals surface area contributed by atoms with Gasteiger partial charge in [-0.15, -0.1) is 11.6 Å². The van der Waals surface area contributed by atoms with Crippen molar-refractivity contribution >= 4 is 17.6 Å². The van der Waals surface area contributed by atoms with Crippen molar-refractivity contribution in [1.29, 1.82) is 0 Å². The van der Waals surface area contributed by atoms with Gasteiger partial charge in [-0.05, 0) is 0 Å². The van der Waals surface area contributed by atoms with E-state index in [4.69, 9.17) is 23.1 Å². The lowest BCUT2D eigenvalue weighted by molar-refractivity contribution is -0.430. The highest BCUT2D eigenvalue weighted by atomic mass is 35.5. The molecule has 0 aromatic carbocycles. The molecular weight excluding hydrogens is 269 g/mol. The maximum Gasteiger partial charge on any atom is 0.333 e. The number of ether oxygens (including phenoxy) is 1. The summed E-state index contributed by atoms with van der Waals surface area (Å²) in [5.41, 5.74) is 7.68. The van der Waals surface area contributed by atoms with E-state index in [1.165, 1.54) is 0 Å². The van der Waals surface area contributed by atoms with Crippen LogP contribution in [0.4, 0.5) is 4.39 Å². The molecule has 0 fully saturated rings. The average Bonchev–Trinajstić information content (AvgIpc) is 2.30. The van der Waals surface area contributed by atoms with E-state index in [0.29, 0.717) is 6.08 Å². The highest BCUT2D eigenvalue weighted by Crippen LogP contribution is 2.31. The largest absolute Gasteiger partial charge is 0.463 e. The number of esters is 1. The minimum Gasteiger partial charge on any atom is -0.463 e. The summed E-state index contributed by atoms with van der Waals surface area (Å²) in [6.07, 6.45) is -0.0150. The highest BCUT2D eigenvalue weighted by molar-refractivity contribution is 6.18. The van der Waals surface area contributed by atoms with Gasteiger partial charge >= 0.3 is 5.97 Å². The number of hydrogen-bond donors (Lipinski definition) is 2. The van der Waals surface area contributed by atoms with Crippen LogP contribution in [0.15, 0.2) is 23.3 Å². The Morgan fingerprint density at radius 3 is 2.83 bits per heavy atom. The van der Waals surface area contributed by atoms with E-state index in [1.807, 2.05) is 0 Å². The fourth-order valence-corrected chi connectivity index (χ4v) is 1.48. The van der Waals surface area contributed by atoms with Crippen LogP contribution in [0.1, 0.15) is 6.42 Å². The molecule has 0 radical (unpaired) electrons. The highest BCUT2D eigenvalue weighted by Gasteiger charge is 2.47. The second-order valence-electron chi connectivity index (χ2n) is 3.62. The molecule has 1 aliphatic carbocycles. The number of carbonyl (C=O) groups excluding carboxylic acids is 1. The Hall–Kier alpha value is -1.67. The van der Waals surface area contributed by atoms with Gasteiger partial charge in [-0.3, -0.25) is 10.1 Å². The maximum absolute atomic E-state index is 13.7. The fraction of sp³-hybridized carbons (Fsp3) is 0.444. The number of nitro groups is 1. The lowest BCUT2D eigenvalue weighted by Crippen LogP contribution is -2.52. The molecule has 9 heteroatoms. The summed E-state index contributed by atoms with van der Waals surface area (Å²) >= 11 is 5.30. The molecule has 1 rings (SSSR count). The van der Waals surface area contributed by atoms with E-state index in [0.717, 1.165) is 0 Å². The minimum atomic E-state index is -2.22. The summed E-state index contributed by atoms with van der Waals surface area (Å²) in [6, 6.07) is 0. The minimum absolute atomic E-state index is 0.00717. The van der Waals surface area contributed by atoms with Gasteiger partial charge in [-0.2, -0.15) is 0 Å². The average molecular weight is 280 g/mol. The molecule has 1 aliphatic rings. The van der Waals surface area contributed by atoms with Crippen molar-refractivity contribution in [1.82, 2.24) is 0 Å². The van der Waals surface area contributed by atoms with Crippen LogP contribution in [0.5, 0.6) is 0 Å². The molecule has 18 heavy (non-hydrogen) atoms. The number of halogens is 2. The van der Waals surface area contributed by atoms with Crippen molar-refractivity contribution in [2.24, 2.45) is 11.5 Å². The first-order valence-corrected chi connectivity index (χ1v) is 5.39. The van der Waals surface area contributed by atoms with E-state index in [1.54, 1.807) is 0 Å². The summed E-state index contributed by atoms with van der Waals surface area (Å²) in [5, 5.41) is 10.7. The Bertz CT molecular complexity index is 451. The van der Waals surface area contributed by atoms with Crippen LogP contribution in [0.25, 0.3) is 0 Å². The topological polar surface area (TPSA) is 121 Å². The molecular formula is C9H11ClFN3O4. The van der Waals surface area contributed by atoms with Crippen LogP contribution in [-0.4, -0.2) is 28.9 Å².